The van der Waals surface area contributed by atoms with Crippen LogP contribution in [0.2, 0.25) is 0 Å². The molecule has 2 heterocycles. The average Bonchev–Trinajstić information content (AvgIpc) is 3.64. The van der Waals surface area contributed by atoms with Gasteiger partial charge in [0.1, 0.15) is 29.5 Å². The summed E-state index contributed by atoms with van der Waals surface area (Å²) in [5.41, 5.74) is 1.81. The van der Waals surface area contributed by atoms with E-state index in [1.54, 1.807) is 54.5 Å². The van der Waals surface area contributed by atoms with Crippen LogP contribution in [0, 0.1) is 29.9 Å². The molecule has 43 heavy (non-hydrogen) atoms. The number of aliphatic hydroxyl groups is 1. The lowest BCUT2D eigenvalue weighted by atomic mass is 9.82. The Morgan fingerprint density at radius 3 is 2.63 bits per heavy atom. The van der Waals surface area contributed by atoms with Gasteiger partial charge in [0, 0.05) is 40.5 Å². The number of halogens is 2. The lowest BCUT2D eigenvalue weighted by Crippen LogP contribution is -2.39. The van der Waals surface area contributed by atoms with Crippen molar-refractivity contribution < 1.29 is 28.0 Å². The molecular formula is C32H28F2N5O3S+. The van der Waals surface area contributed by atoms with Crippen molar-refractivity contribution in [3.63, 3.8) is 0 Å². The minimum Gasteiger partial charge on any atom is -0.426 e. The third kappa shape index (κ3) is 6.51. The van der Waals surface area contributed by atoms with Gasteiger partial charge < -0.3 is 9.84 Å². The van der Waals surface area contributed by atoms with Crippen LogP contribution in [0.3, 0.4) is 0 Å². The third-order valence-corrected chi connectivity index (χ3v) is 8.23. The van der Waals surface area contributed by atoms with Crippen molar-refractivity contribution in [2.75, 3.05) is 0 Å². The van der Waals surface area contributed by atoms with Crippen LogP contribution in [-0.4, -0.2) is 25.8 Å². The van der Waals surface area contributed by atoms with Crippen molar-refractivity contribution >= 4 is 17.3 Å². The van der Waals surface area contributed by atoms with Crippen molar-refractivity contribution in [3.05, 3.63) is 118 Å². The van der Waals surface area contributed by atoms with Gasteiger partial charge in [0.25, 0.3) is 6.33 Å². The largest absolute Gasteiger partial charge is 0.426 e. The Morgan fingerprint density at radius 1 is 1.19 bits per heavy atom. The normalized spacial score (nSPS) is 13.2. The fourth-order valence-electron chi connectivity index (χ4n) is 4.90. The summed E-state index contributed by atoms with van der Waals surface area (Å²) in [6.45, 7) is 5.25. The molecule has 0 saturated heterocycles. The molecule has 0 aliphatic rings. The molecule has 0 amide bonds. The third-order valence-electron chi connectivity index (χ3n) is 7.21. The summed E-state index contributed by atoms with van der Waals surface area (Å²) in [4.78, 5) is 16.0. The maximum absolute atomic E-state index is 15.2. The van der Waals surface area contributed by atoms with Gasteiger partial charge in [-0.25, -0.2) is 18.3 Å². The minimum atomic E-state index is -1.84. The Hall–Kier alpha value is -4.79. The highest BCUT2D eigenvalue weighted by Crippen LogP contribution is 2.41. The number of nitriles is 1. The molecule has 3 aromatic carbocycles. The molecule has 0 aliphatic carbocycles. The number of aromatic nitrogens is 4. The number of carbonyl (C=O) groups excluding carboxylic acids is 1. The van der Waals surface area contributed by atoms with Crippen LogP contribution in [-0.2, 0) is 23.5 Å². The van der Waals surface area contributed by atoms with Gasteiger partial charge in [0.2, 0.25) is 6.33 Å². The molecule has 218 valence electrons. The fraction of sp³-hybridized carbons (Fsp3) is 0.219. The number of hydrogen-bond acceptors (Lipinski definition) is 7. The molecule has 0 aliphatic heterocycles. The van der Waals surface area contributed by atoms with E-state index in [0.717, 1.165) is 28.8 Å². The van der Waals surface area contributed by atoms with Crippen molar-refractivity contribution in [3.8, 4) is 23.1 Å². The summed E-state index contributed by atoms with van der Waals surface area (Å²) in [7, 11) is 0. The Morgan fingerprint density at radius 2 is 1.95 bits per heavy atom. The molecule has 5 rings (SSSR count). The van der Waals surface area contributed by atoms with Crippen molar-refractivity contribution in [1.82, 2.24) is 14.8 Å². The van der Waals surface area contributed by atoms with Gasteiger partial charge in [-0.1, -0.05) is 31.2 Å². The lowest BCUT2D eigenvalue weighted by Gasteiger charge is -2.32. The molecule has 2 aromatic heterocycles. The van der Waals surface area contributed by atoms with Crippen LogP contribution in [0.1, 0.15) is 47.0 Å². The van der Waals surface area contributed by atoms with E-state index in [1.807, 2.05) is 24.4 Å². The highest BCUT2D eigenvalue weighted by Gasteiger charge is 2.43. The predicted molar refractivity (Wildman–Crippen MR) is 155 cm³/mol. The van der Waals surface area contributed by atoms with Gasteiger partial charge in [-0.15, -0.1) is 16.0 Å². The second-order valence-electron chi connectivity index (χ2n) is 10.3. The van der Waals surface area contributed by atoms with Gasteiger partial charge in [0.05, 0.1) is 28.9 Å². The molecular weight excluding hydrogens is 572 g/mol. The SMILES string of the molecule is CC(=O)Oc1ccc(C[n+]2cnn(C[C@](O)(c3ccc(F)cc3F)[C@@H](C)c3nc(-c4ccc(C#N)cc4)cs3)c2)cc1C. The van der Waals surface area contributed by atoms with Crippen LogP contribution >= 0.6 is 11.3 Å². The lowest BCUT2D eigenvalue weighted by molar-refractivity contribution is -0.689. The zero-order valence-electron chi connectivity index (χ0n) is 23.7. The first-order chi connectivity index (χ1) is 20.5. The number of ether oxygens (including phenoxy) is 1. The predicted octanol–water partition coefficient (Wildman–Crippen LogP) is 5.42. The zero-order chi connectivity index (χ0) is 30.7. The number of rotatable bonds is 9. The topological polar surface area (TPSA) is 105 Å². The Kier molecular flexibility index (Phi) is 8.43. The molecule has 0 bridgehead atoms. The number of carbonyl (C=O) groups is 1. The zero-order valence-corrected chi connectivity index (χ0v) is 24.5. The fourth-order valence-corrected chi connectivity index (χ4v) is 5.87. The van der Waals surface area contributed by atoms with E-state index in [9.17, 15) is 14.3 Å². The molecule has 0 radical (unpaired) electrons. The van der Waals surface area contributed by atoms with Crippen molar-refractivity contribution in [2.24, 2.45) is 0 Å². The Labute approximate surface area is 251 Å². The second kappa shape index (κ2) is 12.2. The number of aryl methyl sites for hydroxylation is 1. The number of benzene rings is 3. The number of thiazole rings is 1. The van der Waals surface area contributed by atoms with Crippen molar-refractivity contribution in [1.29, 1.82) is 5.26 Å². The highest BCUT2D eigenvalue weighted by atomic mass is 32.1. The molecule has 0 saturated carbocycles. The quantitative estimate of drug-likeness (QED) is 0.138. The van der Waals surface area contributed by atoms with E-state index < -0.39 is 29.1 Å². The highest BCUT2D eigenvalue weighted by molar-refractivity contribution is 7.10. The molecule has 1 N–H and O–H groups in total. The first-order valence-corrected chi connectivity index (χ1v) is 14.3. The number of esters is 1. The first kappa shape index (κ1) is 29.7. The summed E-state index contributed by atoms with van der Waals surface area (Å²) >= 11 is 1.32. The van der Waals surface area contributed by atoms with Gasteiger partial charge in [0.15, 0.2) is 0 Å². The summed E-state index contributed by atoms with van der Waals surface area (Å²) < 4.78 is 37.6. The van der Waals surface area contributed by atoms with E-state index in [2.05, 4.69) is 11.2 Å². The Balaban J connectivity index is 1.43. The van der Waals surface area contributed by atoms with Crippen LogP contribution in [0.5, 0.6) is 5.75 Å². The molecule has 0 unspecified atom stereocenters. The van der Waals surface area contributed by atoms with E-state index >= 15 is 4.39 Å². The molecule has 0 spiro atoms. The monoisotopic (exact) mass is 600 g/mol. The second-order valence-corrected chi connectivity index (χ2v) is 11.2. The first-order valence-electron chi connectivity index (χ1n) is 13.4. The summed E-state index contributed by atoms with van der Waals surface area (Å²) in [6, 6.07) is 17.7. The van der Waals surface area contributed by atoms with E-state index in [4.69, 9.17) is 15.0 Å². The molecule has 0 fully saturated rings. The average molecular weight is 601 g/mol. The van der Waals surface area contributed by atoms with E-state index in [1.165, 1.54) is 29.0 Å². The summed E-state index contributed by atoms with van der Waals surface area (Å²) in [5.74, 6) is -2.24. The van der Waals surface area contributed by atoms with Crippen LogP contribution in [0.15, 0.2) is 78.7 Å². The molecule has 5 aromatic rings. The van der Waals surface area contributed by atoms with Crippen LogP contribution in [0.4, 0.5) is 8.78 Å². The minimum absolute atomic E-state index is 0.0738. The van der Waals surface area contributed by atoms with Gasteiger partial charge in [-0.3, -0.25) is 4.79 Å². The van der Waals surface area contributed by atoms with E-state index in [-0.39, 0.29) is 12.1 Å². The maximum Gasteiger partial charge on any atom is 0.308 e. The van der Waals surface area contributed by atoms with Gasteiger partial charge in [-0.2, -0.15) is 5.26 Å². The number of hydrogen-bond donors (Lipinski definition) is 1. The van der Waals surface area contributed by atoms with Gasteiger partial charge >= 0.3 is 5.97 Å². The Bertz CT molecular complexity index is 1830. The molecule has 11 heteroatoms. The van der Waals surface area contributed by atoms with Crippen LogP contribution < -0.4 is 9.30 Å². The summed E-state index contributed by atoms with van der Waals surface area (Å²) in [6.07, 6.45) is 3.28. The van der Waals surface area contributed by atoms with Crippen molar-refractivity contribution in [2.45, 2.75) is 45.4 Å². The van der Waals surface area contributed by atoms with Gasteiger partial charge in [-0.05, 0) is 48.4 Å². The summed E-state index contributed by atoms with van der Waals surface area (Å²) in [5, 5.41) is 28.1. The smallest absolute Gasteiger partial charge is 0.308 e. The number of nitrogens with zero attached hydrogens (tertiary/aromatic N) is 5. The maximum atomic E-state index is 15.2. The van der Waals surface area contributed by atoms with E-state index in [0.29, 0.717) is 28.6 Å². The molecule has 2 atom stereocenters. The molecule has 8 nitrogen and oxygen atoms in total. The van der Waals surface area contributed by atoms with Crippen LogP contribution in [0.25, 0.3) is 11.3 Å². The standard InChI is InChI=1S/C32H28F2N5O3S/c1-20-12-24(6-11-30(20)42-22(3)40)15-38-18-36-39(19-38)17-32(41,27-10-9-26(33)13-28(27)34)21(2)31-37-29(16-43-31)25-7-4-23(14-35)5-8-25/h4-13,16,18-19,21,41H,15,17H2,1-3H3/q+1/t21-,32+/m0/s1.